The van der Waals surface area contributed by atoms with Crippen LogP contribution in [0.4, 0.5) is 5.69 Å². The Labute approximate surface area is 165 Å². The molecule has 3 heterocycles. The van der Waals surface area contributed by atoms with E-state index >= 15 is 0 Å². The van der Waals surface area contributed by atoms with E-state index in [1.807, 2.05) is 52.0 Å². The first kappa shape index (κ1) is 19.8. The molecule has 1 aromatic carbocycles. The van der Waals surface area contributed by atoms with Gasteiger partial charge in [-0.25, -0.2) is 0 Å². The second-order valence-corrected chi connectivity index (χ2v) is 8.86. The van der Waals surface area contributed by atoms with E-state index in [1.54, 1.807) is 0 Å². The van der Waals surface area contributed by atoms with Crippen LogP contribution in [0, 0.1) is 0 Å². The van der Waals surface area contributed by atoms with E-state index in [9.17, 15) is 4.79 Å². The highest BCUT2D eigenvalue weighted by molar-refractivity contribution is 5.94. The molecular weight excluding hydrogens is 362 g/mol. The van der Waals surface area contributed by atoms with Gasteiger partial charge < -0.3 is 29.0 Å². The fourth-order valence-electron chi connectivity index (χ4n) is 3.99. The van der Waals surface area contributed by atoms with Crippen molar-refractivity contribution in [3.8, 4) is 0 Å². The Bertz CT molecular complexity index is 744. The summed E-state index contributed by atoms with van der Waals surface area (Å²) in [4.78, 5) is 13.0. The van der Waals surface area contributed by atoms with Gasteiger partial charge in [-0.15, -0.1) is 0 Å². The van der Waals surface area contributed by atoms with E-state index < -0.39 is 42.3 Å². The molecule has 28 heavy (non-hydrogen) atoms. The molecule has 5 atom stereocenters. The van der Waals surface area contributed by atoms with Gasteiger partial charge in [0.15, 0.2) is 24.0 Å². The van der Waals surface area contributed by atoms with Crippen molar-refractivity contribution < 1.29 is 28.5 Å². The van der Waals surface area contributed by atoms with Gasteiger partial charge in [0.25, 0.3) is 5.91 Å². The Balaban J connectivity index is 1.53. The minimum Gasteiger partial charge on any atom is -0.342 e. The summed E-state index contributed by atoms with van der Waals surface area (Å²) in [7, 11) is 0. The Kier molecular flexibility index (Phi) is 4.79. The van der Waals surface area contributed by atoms with Crippen molar-refractivity contribution in [2.45, 2.75) is 89.7 Å². The molecule has 4 rings (SSSR count). The number of hydrogen-bond donors (Lipinski definition) is 1. The summed E-state index contributed by atoms with van der Waals surface area (Å²) in [5.41, 5.74) is 1.92. The summed E-state index contributed by atoms with van der Waals surface area (Å²) in [6.45, 7) is 11.5. The van der Waals surface area contributed by atoms with Crippen molar-refractivity contribution in [2.75, 3.05) is 5.32 Å². The average molecular weight is 391 g/mol. The standard InChI is InChI=1S/C21H29NO6/c1-11(2)12-7-9-13(10-8-12)22-18(23)16-14-15(26-20(3,4)25-14)17-19(24-16)28-21(5,6)27-17/h7-11,14-17,19H,1-6H3,(H,22,23)/t14-,15+,16-,17+,19+/m0/s1. The molecule has 1 amide bonds. The normalized spacial score (nSPS) is 35.5. The average Bonchev–Trinajstić information content (AvgIpc) is 3.08. The Hall–Kier alpha value is -1.51. The summed E-state index contributed by atoms with van der Waals surface area (Å²) in [5.74, 6) is -1.51. The number of rotatable bonds is 3. The maximum Gasteiger partial charge on any atom is 0.256 e. The fraction of sp³-hybridized carbons (Fsp3) is 0.667. The highest BCUT2D eigenvalue weighted by atomic mass is 16.9. The minimum atomic E-state index is -0.865. The van der Waals surface area contributed by atoms with Crippen molar-refractivity contribution in [1.29, 1.82) is 0 Å². The van der Waals surface area contributed by atoms with E-state index in [-0.39, 0.29) is 5.91 Å². The molecule has 7 nitrogen and oxygen atoms in total. The molecule has 1 aromatic rings. The minimum absolute atomic E-state index is 0.291. The molecule has 3 saturated heterocycles. The van der Waals surface area contributed by atoms with Crippen molar-refractivity contribution in [2.24, 2.45) is 0 Å². The van der Waals surface area contributed by atoms with Crippen molar-refractivity contribution >= 4 is 11.6 Å². The molecule has 0 radical (unpaired) electrons. The predicted molar refractivity (Wildman–Crippen MR) is 102 cm³/mol. The molecule has 0 aliphatic carbocycles. The van der Waals surface area contributed by atoms with Gasteiger partial charge in [-0.3, -0.25) is 4.79 Å². The summed E-state index contributed by atoms with van der Waals surface area (Å²) in [6, 6.07) is 7.81. The number of hydrogen-bond acceptors (Lipinski definition) is 6. The lowest BCUT2D eigenvalue weighted by Gasteiger charge is -2.36. The number of anilines is 1. The zero-order valence-electron chi connectivity index (χ0n) is 17.2. The Morgan fingerprint density at radius 1 is 0.893 bits per heavy atom. The summed E-state index contributed by atoms with van der Waals surface area (Å²) in [6.07, 6.45) is -3.03. The van der Waals surface area contributed by atoms with E-state index in [0.717, 1.165) is 0 Å². The Morgan fingerprint density at radius 2 is 1.46 bits per heavy atom. The number of nitrogens with one attached hydrogen (secondary N) is 1. The van der Waals surface area contributed by atoms with Gasteiger partial charge in [0.05, 0.1) is 0 Å². The molecular formula is C21H29NO6. The number of amides is 1. The van der Waals surface area contributed by atoms with Gasteiger partial charge in [0.1, 0.15) is 18.3 Å². The molecule has 7 heteroatoms. The summed E-state index contributed by atoms with van der Waals surface area (Å²) >= 11 is 0. The first-order valence-electron chi connectivity index (χ1n) is 9.82. The number of fused-ring (bicyclic) bond motifs is 3. The predicted octanol–water partition coefficient (Wildman–Crippen LogP) is 3.15. The van der Waals surface area contributed by atoms with Gasteiger partial charge in [-0.2, -0.15) is 0 Å². The van der Waals surface area contributed by atoms with Gasteiger partial charge in [-0.1, -0.05) is 26.0 Å². The molecule has 3 aliphatic rings. The van der Waals surface area contributed by atoms with Crippen LogP contribution in [-0.2, 0) is 28.5 Å². The van der Waals surface area contributed by atoms with E-state index in [2.05, 4.69) is 19.2 Å². The lowest BCUT2D eigenvalue weighted by Crippen LogP contribution is -2.58. The van der Waals surface area contributed by atoms with Gasteiger partial charge in [0.2, 0.25) is 0 Å². The highest BCUT2D eigenvalue weighted by Crippen LogP contribution is 2.44. The smallest absolute Gasteiger partial charge is 0.256 e. The van der Waals surface area contributed by atoms with E-state index in [1.165, 1.54) is 5.56 Å². The highest BCUT2D eigenvalue weighted by Gasteiger charge is 2.62. The zero-order valence-corrected chi connectivity index (χ0v) is 17.2. The molecule has 3 aliphatic heterocycles. The van der Waals surface area contributed by atoms with Crippen molar-refractivity contribution in [1.82, 2.24) is 0 Å². The molecule has 1 N–H and O–H groups in total. The molecule has 0 bridgehead atoms. The molecule has 0 spiro atoms. The zero-order chi connectivity index (χ0) is 20.3. The van der Waals surface area contributed by atoms with Crippen LogP contribution in [0.25, 0.3) is 0 Å². The van der Waals surface area contributed by atoms with Crippen LogP contribution < -0.4 is 5.32 Å². The maximum atomic E-state index is 13.0. The third kappa shape index (κ3) is 3.69. The van der Waals surface area contributed by atoms with Crippen LogP contribution in [0.5, 0.6) is 0 Å². The fourth-order valence-corrected chi connectivity index (χ4v) is 3.99. The second-order valence-electron chi connectivity index (χ2n) is 8.86. The molecule has 0 saturated carbocycles. The van der Waals surface area contributed by atoms with Crippen molar-refractivity contribution in [3.05, 3.63) is 29.8 Å². The van der Waals surface area contributed by atoms with Crippen LogP contribution >= 0.6 is 0 Å². The number of carbonyl (C=O) groups is 1. The van der Waals surface area contributed by atoms with Gasteiger partial charge in [0, 0.05) is 5.69 Å². The first-order chi connectivity index (χ1) is 13.0. The monoisotopic (exact) mass is 391 g/mol. The van der Waals surface area contributed by atoms with Crippen LogP contribution in [0.15, 0.2) is 24.3 Å². The first-order valence-corrected chi connectivity index (χ1v) is 9.82. The largest absolute Gasteiger partial charge is 0.342 e. The molecule has 0 aromatic heterocycles. The summed E-state index contributed by atoms with van der Waals surface area (Å²) in [5, 5.41) is 2.92. The van der Waals surface area contributed by atoms with Crippen LogP contribution in [0.1, 0.15) is 53.0 Å². The lowest BCUT2D eigenvalue weighted by atomic mass is 9.98. The SMILES string of the molecule is CC(C)c1ccc(NC(=O)[C@H]2O[C@@H]3OC(C)(C)O[C@@H]3[C@@H]3OC(C)(C)O[C@@H]32)cc1. The third-order valence-corrected chi connectivity index (χ3v) is 5.26. The number of ether oxygens (including phenoxy) is 5. The molecule has 0 unspecified atom stereocenters. The van der Waals surface area contributed by atoms with Gasteiger partial charge in [-0.05, 0) is 51.3 Å². The van der Waals surface area contributed by atoms with Crippen molar-refractivity contribution in [3.63, 3.8) is 0 Å². The Morgan fingerprint density at radius 3 is 2.11 bits per heavy atom. The van der Waals surface area contributed by atoms with E-state index in [0.29, 0.717) is 11.6 Å². The third-order valence-electron chi connectivity index (χ3n) is 5.26. The summed E-state index contributed by atoms with van der Waals surface area (Å²) < 4.78 is 29.8. The molecule has 3 fully saturated rings. The maximum absolute atomic E-state index is 13.0. The number of benzene rings is 1. The topological polar surface area (TPSA) is 75.3 Å². The lowest BCUT2D eigenvalue weighted by molar-refractivity contribution is -0.229. The number of carbonyl (C=O) groups excluding carboxylic acids is 1. The van der Waals surface area contributed by atoms with Crippen LogP contribution in [0.2, 0.25) is 0 Å². The molecule has 154 valence electrons. The second kappa shape index (κ2) is 6.78. The van der Waals surface area contributed by atoms with Gasteiger partial charge >= 0.3 is 0 Å². The van der Waals surface area contributed by atoms with E-state index in [4.69, 9.17) is 23.7 Å². The van der Waals surface area contributed by atoms with Crippen LogP contribution in [-0.4, -0.2) is 48.2 Å². The van der Waals surface area contributed by atoms with Crippen LogP contribution in [0.3, 0.4) is 0 Å². The quantitative estimate of drug-likeness (QED) is 0.853.